The summed E-state index contributed by atoms with van der Waals surface area (Å²) in [6, 6.07) is 12.0. The van der Waals surface area contributed by atoms with E-state index in [1.54, 1.807) is 0 Å². The van der Waals surface area contributed by atoms with Gasteiger partial charge in [-0.05, 0) is 19.1 Å². The lowest BCUT2D eigenvalue weighted by atomic mass is 10.3. The van der Waals surface area contributed by atoms with Crippen LogP contribution in [0.4, 0.5) is 5.82 Å². The van der Waals surface area contributed by atoms with Gasteiger partial charge in [0.1, 0.15) is 5.82 Å². The van der Waals surface area contributed by atoms with Crippen molar-refractivity contribution < 1.29 is 9.53 Å². The molecule has 6 heteroatoms. The lowest BCUT2D eigenvalue weighted by molar-refractivity contribution is -0.146. The highest BCUT2D eigenvalue weighted by Crippen LogP contribution is 2.24. The van der Waals surface area contributed by atoms with Gasteiger partial charge in [-0.25, -0.2) is 4.68 Å². The molecule has 1 saturated heterocycles. The Labute approximate surface area is 129 Å². The Hall–Kier alpha value is -2.34. The van der Waals surface area contributed by atoms with E-state index in [4.69, 9.17) is 4.74 Å². The van der Waals surface area contributed by atoms with Crippen LogP contribution in [-0.2, 0) is 9.53 Å². The number of rotatable bonds is 3. The van der Waals surface area contributed by atoms with Gasteiger partial charge in [0.15, 0.2) is 6.23 Å². The molecule has 22 heavy (non-hydrogen) atoms. The van der Waals surface area contributed by atoms with Crippen LogP contribution >= 0.6 is 0 Å². The molecule has 1 fully saturated rings. The number of anilines is 1. The quantitative estimate of drug-likeness (QED) is 0.870. The highest BCUT2D eigenvalue weighted by Gasteiger charge is 2.28. The SMILES string of the molecule is CC(=O)OC1CNCCN1c1cc(C)nn1-c1ccccc1. The molecule has 1 N–H and O–H groups in total. The van der Waals surface area contributed by atoms with Crippen LogP contribution < -0.4 is 10.2 Å². The molecule has 0 spiro atoms. The molecule has 1 aromatic carbocycles. The lowest BCUT2D eigenvalue weighted by Gasteiger charge is -2.36. The van der Waals surface area contributed by atoms with Gasteiger partial charge in [0.25, 0.3) is 0 Å². The Bertz CT molecular complexity index is 653. The summed E-state index contributed by atoms with van der Waals surface area (Å²) in [7, 11) is 0. The summed E-state index contributed by atoms with van der Waals surface area (Å²) in [5.41, 5.74) is 1.92. The smallest absolute Gasteiger partial charge is 0.304 e. The zero-order valence-electron chi connectivity index (χ0n) is 12.8. The zero-order valence-corrected chi connectivity index (χ0v) is 12.8. The van der Waals surface area contributed by atoms with Crippen LogP contribution in [0.15, 0.2) is 36.4 Å². The molecule has 1 aromatic heterocycles. The van der Waals surface area contributed by atoms with Crippen LogP contribution in [0.2, 0.25) is 0 Å². The van der Waals surface area contributed by atoms with Crippen molar-refractivity contribution in [1.82, 2.24) is 15.1 Å². The van der Waals surface area contributed by atoms with Crippen molar-refractivity contribution in [3.63, 3.8) is 0 Å². The van der Waals surface area contributed by atoms with Crippen molar-refractivity contribution in [2.45, 2.75) is 20.1 Å². The predicted octanol–water partition coefficient (Wildman–Crippen LogP) is 1.48. The van der Waals surface area contributed by atoms with Crippen molar-refractivity contribution in [3.8, 4) is 5.69 Å². The highest BCUT2D eigenvalue weighted by atomic mass is 16.6. The first-order chi connectivity index (χ1) is 10.6. The van der Waals surface area contributed by atoms with E-state index >= 15 is 0 Å². The van der Waals surface area contributed by atoms with E-state index in [-0.39, 0.29) is 12.2 Å². The zero-order chi connectivity index (χ0) is 15.5. The van der Waals surface area contributed by atoms with Crippen molar-refractivity contribution >= 4 is 11.8 Å². The third kappa shape index (κ3) is 2.96. The summed E-state index contributed by atoms with van der Waals surface area (Å²) in [5.74, 6) is 0.664. The van der Waals surface area contributed by atoms with Gasteiger partial charge < -0.3 is 15.0 Å². The molecular formula is C16H20N4O2. The molecule has 1 unspecified atom stereocenters. The molecule has 6 nitrogen and oxygen atoms in total. The van der Waals surface area contributed by atoms with Gasteiger partial charge in [-0.3, -0.25) is 4.79 Å². The molecule has 2 heterocycles. The van der Waals surface area contributed by atoms with Crippen LogP contribution in [0.1, 0.15) is 12.6 Å². The van der Waals surface area contributed by atoms with E-state index in [1.165, 1.54) is 6.92 Å². The first-order valence-electron chi connectivity index (χ1n) is 7.42. The van der Waals surface area contributed by atoms with E-state index in [0.717, 1.165) is 30.3 Å². The molecule has 0 amide bonds. The molecule has 3 rings (SSSR count). The molecule has 1 aliphatic heterocycles. The number of nitrogens with one attached hydrogen (secondary N) is 1. The first-order valence-corrected chi connectivity index (χ1v) is 7.42. The largest absolute Gasteiger partial charge is 0.440 e. The molecule has 1 atom stereocenters. The normalized spacial score (nSPS) is 18.3. The fourth-order valence-corrected chi connectivity index (χ4v) is 2.69. The summed E-state index contributed by atoms with van der Waals surface area (Å²) in [4.78, 5) is 13.4. The molecule has 1 aliphatic rings. The molecule has 0 saturated carbocycles. The minimum absolute atomic E-state index is 0.277. The summed E-state index contributed by atoms with van der Waals surface area (Å²) < 4.78 is 7.34. The summed E-state index contributed by atoms with van der Waals surface area (Å²) in [6.45, 7) is 5.61. The predicted molar refractivity (Wildman–Crippen MR) is 84.1 cm³/mol. The molecular weight excluding hydrogens is 280 g/mol. The Morgan fingerprint density at radius 2 is 2.14 bits per heavy atom. The maximum atomic E-state index is 11.3. The monoisotopic (exact) mass is 300 g/mol. The maximum Gasteiger partial charge on any atom is 0.304 e. The number of benzene rings is 1. The number of carbonyl (C=O) groups excluding carboxylic acids is 1. The van der Waals surface area contributed by atoms with Crippen molar-refractivity contribution in [1.29, 1.82) is 0 Å². The van der Waals surface area contributed by atoms with E-state index in [9.17, 15) is 4.79 Å². The number of hydrogen-bond donors (Lipinski definition) is 1. The van der Waals surface area contributed by atoms with Gasteiger partial charge in [-0.2, -0.15) is 5.10 Å². The second-order valence-electron chi connectivity index (χ2n) is 5.35. The summed E-state index contributed by atoms with van der Waals surface area (Å²) in [6.07, 6.45) is -0.315. The molecule has 0 bridgehead atoms. The van der Waals surface area contributed by atoms with E-state index < -0.39 is 0 Å². The molecule has 0 aliphatic carbocycles. The number of esters is 1. The number of carbonyl (C=O) groups is 1. The van der Waals surface area contributed by atoms with Gasteiger partial charge in [-0.15, -0.1) is 0 Å². The number of hydrogen-bond acceptors (Lipinski definition) is 5. The van der Waals surface area contributed by atoms with Gasteiger partial charge in [0, 0.05) is 26.1 Å². The fraction of sp³-hybridized carbons (Fsp3) is 0.375. The van der Waals surface area contributed by atoms with Gasteiger partial charge >= 0.3 is 5.97 Å². The summed E-state index contributed by atoms with van der Waals surface area (Å²) in [5, 5.41) is 7.84. The topological polar surface area (TPSA) is 59.4 Å². The number of para-hydroxylation sites is 1. The Morgan fingerprint density at radius 3 is 2.86 bits per heavy atom. The maximum absolute atomic E-state index is 11.3. The van der Waals surface area contributed by atoms with Crippen LogP contribution in [0.5, 0.6) is 0 Å². The highest BCUT2D eigenvalue weighted by molar-refractivity contribution is 5.66. The minimum atomic E-state index is -0.315. The van der Waals surface area contributed by atoms with Crippen LogP contribution in [0.25, 0.3) is 5.69 Å². The molecule has 2 aromatic rings. The first kappa shape index (κ1) is 14.6. The number of aryl methyl sites for hydroxylation is 1. The number of ether oxygens (including phenoxy) is 1. The van der Waals surface area contributed by atoms with Crippen molar-refractivity contribution in [2.24, 2.45) is 0 Å². The van der Waals surface area contributed by atoms with Crippen molar-refractivity contribution in [3.05, 3.63) is 42.1 Å². The Balaban J connectivity index is 1.98. The third-order valence-electron chi connectivity index (χ3n) is 3.61. The second-order valence-corrected chi connectivity index (χ2v) is 5.35. The average Bonchev–Trinajstić information content (AvgIpc) is 2.90. The van der Waals surface area contributed by atoms with E-state index in [2.05, 4.69) is 15.3 Å². The lowest BCUT2D eigenvalue weighted by Crippen LogP contribution is -2.53. The van der Waals surface area contributed by atoms with Crippen molar-refractivity contribution in [2.75, 3.05) is 24.5 Å². The average molecular weight is 300 g/mol. The van der Waals surface area contributed by atoms with Crippen LogP contribution in [0.3, 0.4) is 0 Å². The number of piperazine rings is 1. The van der Waals surface area contributed by atoms with Crippen LogP contribution in [-0.4, -0.2) is 41.6 Å². The van der Waals surface area contributed by atoms with E-state index in [0.29, 0.717) is 6.54 Å². The Kier molecular flexibility index (Phi) is 4.11. The molecule has 116 valence electrons. The number of aromatic nitrogens is 2. The Morgan fingerprint density at radius 1 is 1.36 bits per heavy atom. The van der Waals surface area contributed by atoms with Gasteiger partial charge in [0.05, 0.1) is 17.9 Å². The van der Waals surface area contributed by atoms with Gasteiger partial charge in [0.2, 0.25) is 0 Å². The number of nitrogens with zero attached hydrogens (tertiary/aromatic N) is 3. The van der Waals surface area contributed by atoms with Gasteiger partial charge in [-0.1, -0.05) is 18.2 Å². The summed E-state index contributed by atoms with van der Waals surface area (Å²) >= 11 is 0. The fourth-order valence-electron chi connectivity index (χ4n) is 2.69. The van der Waals surface area contributed by atoms with Crippen LogP contribution in [0, 0.1) is 6.92 Å². The second kappa shape index (κ2) is 6.19. The minimum Gasteiger partial charge on any atom is -0.440 e. The van der Waals surface area contributed by atoms with E-state index in [1.807, 2.05) is 48.0 Å². The molecule has 0 radical (unpaired) electrons. The third-order valence-corrected chi connectivity index (χ3v) is 3.61. The standard InChI is InChI=1S/C16H20N4O2/c1-12-10-15(20(18-12)14-6-4-3-5-7-14)19-9-8-17-11-16(19)22-13(2)21/h3-7,10,16-17H,8-9,11H2,1-2H3.